The smallest absolute Gasteiger partial charge is 0.131 e. The summed E-state index contributed by atoms with van der Waals surface area (Å²) in [7, 11) is 2.00. The van der Waals surface area contributed by atoms with E-state index >= 15 is 0 Å². The van der Waals surface area contributed by atoms with E-state index in [9.17, 15) is 0 Å². The van der Waals surface area contributed by atoms with E-state index < -0.39 is 0 Å². The molecule has 0 radical (unpaired) electrons. The highest BCUT2D eigenvalue weighted by Gasteiger charge is 2.22. The molecule has 7 nitrogen and oxygen atoms in total. The SMILES string of the molecule is Cn1nc2c(c1-c1cn(CCOC3CCOC3)nn1)CCCC2. The van der Waals surface area contributed by atoms with Crippen LogP contribution in [0, 0.1) is 0 Å². The van der Waals surface area contributed by atoms with E-state index in [2.05, 4.69) is 15.4 Å². The first-order chi connectivity index (χ1) is 11.3. The molecule has 1 unspecified atom stereocenters. The first kappa shape index (κ1) is 14.8. The molecule has 0 N–H and O–H groups in total. The third kappa shape index (κ3) is 3.03. The Kier molecular flexibility index (Phi) is 4.13. The summed E-state index contributed by atoms with van der Waals surface area (Å²) in [4.78, 5) is 0. The Hall–Kier alpha value is -1.73. The fraction of sp³-hybridized carbons (Fsp3) is 0.688. The van der Waals surface area contributed by atoms with Gasteiger partial charge in [-0.1, -0.05) is 5.21 Å². The first-order valence-electron chi connectivity index (χ1n) is 8.46. The van der Waals surface area contributed by atoms with Crippen molar-refractivity contribution in [2.45, 2.75) is 44.8 Å². The van der Waals surface area contributed by atoms with E-state index in [-0.39, 0.29) is 6.10 Å². The molecule has 7 heteroatoms. The van der Waals surface area contributed by atoms with Gasteiger partial charge in [0.1, 0.15) is 5.69 Å². The van der Waals surface area contributed by atoms with Crippen LogP contribution in [0.3, 0.4) is 0 Å². The van der Waals surface area contributed by atoms with Gasteiger partial charge in [0.25, 0.3) is 0 Å². The summed E-state index contributed by atoms with van der Waals surface area (Å²) in [6, 6.07) is 0. The molecule has 1 atom stereocenters. The van der Waals surface area contributed by atoms with E-state index in [0.29, 0.717) is 19.8 Å². The van der Waals surface area contributed by atoms with Crippen molar-refractivity contribution in [3.05, 3.63) is 17.5 Å². The van der Waals surface area contributed by atoms with Crippen LogP contribution < -0.4 is 0 Å². The van der Waals surface area contributed by atoms with E-state index in [1.807, 2.05) is 22.6 Å². The fourth-order valence-corrected chi connectivity index (χ4v) is 3.48. The normalized spacial score (nSPS) is 20.8. The summed E-state index contributed by atoms with van der Waals surface area (Å²) in [6.45, 7) is 2.87. The van der Waals surface area contributed by atoms with Crippen LogP contribution in [0.4, 0.5) is 0 Å². The van der Waals surface area contributed by atoms with Crippen LogP contribution in [0.5, 0.6) is 0 Å². The maximum atomic E-state index is 5.79. The highest BCUT2D eigenvalue weighted by atomic mass is 16.5. The largest absolute Gasteiger partial charge is 0.379 e. The topological polar surface area (TPSA) is 67.0 Å². The van der Waals surface area contributed by atoms with Crippen molar-refractivity contribution in [2.24, 2.45) is 7.05 Å². The minimum atomic E-state index is 0.238. The minimum Gasteiger partial charge on any atom is -0.379 e. The van der Waals surface area contributed by atoms with Crippen LogP contribution in [0.25, 0.3) is 11.4 Å². The molecule has 1 aliphatic heterocycles. The predicted octanol–water partition coefficient (Wildman–Crippen LogP) is 1.36. The van der Waals surface area contributed by atoms with Crippen LogP contribution in [0.2, 0.25) is 0 Å². The Balaban J connectivity index is 1.44. The van der Waals surface area contributed by atoms with Gasteiger partial charge in [-0.05, 0) is 32.1 Å². The zero-order valence-corrected chi connectivity index (χ0v) is 13.6. The molecule has 0 amide bonds. The van der Waals surface area contributed by atoms with E-state index in [1.54, 1.807) is 0 Å². The predicted molar refractivity (Wildman–Crippen MR) is 84.0 cm³/mol. The summed E-state index contributed by atoms with van der Waals surface area (Å²) in [5.41, 5.74) is 4.61. The standard InChI is InChI=1S/C16H23N5O2/c1-20-16(13-4-2-3-5-14(13)18-20)15-10-21(19-17-15)7-9-23-12-6-8-22-11-12/h10,12H,2-9,11H2,1H3. The molecule has 1 saturated heterocycles. The fourth-order valence-electron chi connectivity index (χ4n) is 3.48. The third-order valence-corrected chi connectivity index (χ3v) is 4.66. The maximum Gasteiger partial charge on any atom is 0.131 e. The lowest BCUT2D eigenvalue weighted by molar-refractivity contribution is 0.0369. The summed E-state index contributed by atoms with van der Waals surface area (Å²) in [6.07, 6.45) is 7.87. The molecule has 2 aromatic rings. The van der Waals surface area contributed by atoms with Gasteiger partial charge in [0.15, 0.2) is 0 Å². The molecule has 1 aliphatic carbocycles. The first-order valence-corrected chi connectivity index (χ1v) is 8.46. The molecular weight excluding hydrogens is 294 g/mol. The monoisotopic (exact) mass is 317 g/mol. The van der Waals surface area contributed by atoms with Gasteiger partial charge in [-0.2, -0.15) is 5.10 Å². The number of ether oxygens (including phenoxy) is 2. The molecule has 3 heterocycles. The second-order valence-corrected chi connectivity index (χ2v) is 6.33. The van der Waals surface area contributed by atoms with Gasteiger partial charge in [0.05, 0.1) is 43.4 Å². The average molecular weight is 317 g/mol. The van der Waals surface area contributed by atoms with Crippen molar-refractivity contribution in [3.63, 3.8) is 0 Å². The highest BCUT2D eigenvalue weighted by molar-refractivity contribution is 5.60. The van der Waals surface area contributed by atoms with Gasteiger partial charge in [-0.15, -0.1) is 5.10 Å². The Morgan fingerprint density at radius 1 is 1.35 bits per heavy atom. The van der Waals surface area contributed by atoms with Crippen molar-refractivity contribution in [1.29, 1.82) is 0 Å². The summed E-state index contributed by atoms with van der Waals surface area (Å²) >= 11 is 0. The molecule has 0 saturated carbocycles. The molecule has 23 heavy (non-hydrogen) atoms. The molecule has 4 rings (SSSR count). The Morgan fingerprint density at radius 3 is 3.13 bits per heavy atom. The van der Waals surface area contributed by atoms with Gasteiger partial charge in [-0.3, -0.25) is 4.68 Å². The molecule has 124 valence electrons. The van der Waals surface area contributed by atoms with Crippen molar-refractivity contribution in [1.82, 2.24) is 24.8 Å². The number of fused-ring (bicyclic) bond motifs is 1. The van der Waals surface area contributed by atoms with Gasteiger partial charge < -0.3 is 9.47 Å². The molecule has 0 spiro atoms. The van der Waals surface area contributed by atoms with E-state index in [1.165, 1.54) is 24.1 Å². The molecular formula is C16H23N5O2. The number of hydrogen-bond acceptors (Lipinski definition) is 5. The van der Waals surface area contributed by atoms with Crippen molar-refractivity contribution in [2.75, 3.05) is 19.8 Å². The van der Waals surface area contributed by atoms with Crippen molar-refractivity contribution < 1.29 is 9.47 Å². The van der Waals surface area contributed by atoms with E-state index in [4.69, 9.17) is 9.47 Å². The highest BCUT2D eigenvalue weighted by Crippen LogP contribution is 2.29. The van der Waals surface area contributed by atoms with Crippen molar-refractivity contribution in [3.8, 4) is 11.4 Å². The maximum absolute atomic E-state index is 5.79. The van der Waals surface area contributed by atoms with Crippen LogP contribution in [0.1, 0.15) is 30.5 Å². The lowest BCUT2D eigenvalue weighted by atomic mass is 9.95. The number of aryl methyl sites for hydroxylation is 2. The van der Waals surface area contributed by atoms with Crippen LogP contribution >= 0.6 is 0 Å². The lowest BCUT2D eigenvalue weighted by Gasteiger charge is -2.10. The molecule has 0 bridgehead atoms. The molecule has 1 fully saturated rings. The zero-order valence-electron chi connectivity index (χ0n) is 13.6. The van der Waals surface area contributed by atoms with Crippen LogP contribution in [-0.2, 0) is 35.9 Å². The molecule has 2 aromatic heterocycles. The van der Waals surface area contributed by atoms with Gasteiger partial charge in [0, 0.05) is 19.2 Å². The number of hydrogen-bond donors (Lipinski definition) is 0. The van der Waals surface area contributed by atoms with E-state index in [0.717, 1.165) is 37.3 Å². The summed E-state index contributed by atoms with van der Waals surface area (Å²) in [5.74, 6) is 0. The van der Waals surface area contributed by atoms with Crippen molar-refractivity contribution >= 4 is 0 Å². The lowest BCUT2D eigenvalue weighted by Crippen LogP contribution is -2.16. The Bertz CT molecular complexity index is 672. The Labute approximate surface area is 135 Å². The average Bonchev–Trinajstić information content (AvgIpc) is 3.26. The third-order valence-electron chi connectivity index (χ3n) is 4.66. The quantitative estimate of drug-likeness (QED) is 0.833. The minimum absolute atomic E-state index is 0.238. The number of nitrogens with zero attached hydrogens (tertiary/aromatic N) is 5. The zero-order chi connectivity index (χ0) is 15.6. The summed E-state index contributed by atoms with van der Waals surface area (Å²) < 4.78 is 14.9. The second kappa shape index (κ2) is 6.41. The Morgan fingerprint density at radius 2 is 2.26 bits per heavy atom. The number of aromatic nitrogens is 5. The number of rotatable bonds is 5. The van der Waals surface area contributed by atoms with Crippen LogP contribution in [-0.4, -0.2) is 50.7 Å². The molecule has 0 aromatic carbocycles. The second-order valence-electron chi connectivity index (χ2n) is 6.33. The van der Waals surface area contributed by atoms with Gasteiger partial charge in [-0.25, -0.2) is 4.68 Å². The van der Waals surface area contributed by atoms with Crippen LogP contribution in [0.15, 0.2) is 6.20 Å². The van der Waals surface area contributed by atoms with Gasteiger partial charge >= 0.3 is 0 Å². The molecule has 2 aliphatic rings. The van der Waals surface area contributed by atoms with Gasteiger partial charge in [0.2, 0.25) is 0 Å². The summed E-state index contributed by atoms with van der Waals surface area (Å²) in [5, 5.41) is 13.2.